The van der Waals surface area contributed by atoms with Gasteiger partial charge in [0, 0.05) is 18.1 Å². The van der Waals surface area contributed by atoms with Gasteiger partial charge in [-0.05, 0) is 35.9 Å². The van der Waals surface area contributed by atoms with Crippen LogP contribution in [0.4, 0.5) is 5.69 Å². The lowest BCUT2D eigenvalue weighted by atomic mass is 10.1. The number of rotatable bonds is 4. The second-order valence-electron chi connectivity index (χ2n) is 5.07. The van der Waals surface area contributed by atoms with E-state index in [-0.39, 0.29) is 5.91 Å². The van der Waals surface area contributed by atoms with Crippen LogP contribution in [0.5, 0.6) is 0 Å². The van der Waals surface area contributed by atoms with Crippen molar-refractivity contribution in [2.45, 2.75) is 6.54 Å². The number of nitrogens with zero attached hydrogens (tertiary/aromatic N) is 2. The first-order valence-electron chi connectivity index (χ1n) is 7.26. The first kappa shape index (κ1) is 15.3. The first-order chi connectivity index (χ1) is 11.3. The molecule has 3 nitrogen and oxygen atoms in total. The van der Waals surface area contributed by atoms with Crippen molar-refractivity contribution in [3.63, 3.8) is 0 Å². The fourth-order valence-corrected chi connectivity index (χ4v) is 2.56. The molecule has 0 saturated carbocycles. The zero-order chi connectivity index (χ0) is 16.1. The fraction of sp³-hybridized carbons (Fsp3) is 0.0526. The third kappa shape index (κ3) is 3.58. The summed E-state index contributed by atoms with van der Waals surface area (Å²) in [5.74, 6) is -0.134. The Balaban J connectivity index is 1.98. The van der Waals surface area contributed by atoms with Gasteiger partial charge in [0.2, 0.25) is 0 Å². The highest BCUT2D eigenvalue weighted by Crippen LogP contribution is 2.23. The van der Waals surface area contributed by atoms with Crippen molar-refractivity contribution in [1.29, 1.82) is 0 Å². The molecular formula is C19H15ClN2O. The molecule has 0 aliphatic heterocycles. The highest BCUT2D eigenvalue weighted by molar-refractivity contribution is 6.34. The van der Waals surface area contributed by atoms with Crippen LogP contribution >= 0.6 is 11.6 Å². The van der Waals surface area contributed by atoms with Gasteiger partial charge in [-0.25, -0.2) is 0 Å². The lowest BCUT2D eigenvalue weighted by Gasteiger charge is -2.23. The van der Waals surface area contributed by atoms with E-state index in [9.17, 15) is 4.79 Å². The fourth-order valence-electron chi connectivity index (χ4n) is 2.34. The van der Waals surface area contributed by atoms with Gasteiger partial charge in [0.15, 0.2) is 0 Å². The van der Waals surface area contributed by atoms with Gasteiger partial charge in [0.25, 0.3) is 5.91 Å². The zero-order valence-corrected chi connectivity index (χ0v) is 13.1. The Morgan fingerprint density at radius 3 is 2.39 bits per heavy atom. The Labute approximate surface area is 140 Å². The second kappa shape index (κ2) is 7.07. The number of hydrogen-bond acceptors (Lipinski definition) is 2. The Morgan fingerprint density at radius 1 is 0.957 bits per heavy atom. The Morgan fingerprint density at radius 2 is 1.70 bits per heavy atom. The van der Waals surface area contributed by atoms with Crippen molar-refractivity contribution in [3.05, 3.63) is 95.3 Å². The SMILES string of the molecule is O=C(c1ccccc1Cl)N(Cc1cccnc1)c1ccccc1. The summed E-state index contributed by atoms with van der Waals surface area (Å²) < 4.78 is 0. The quantitative estimate of drug-likeness (QED) is 0.704. The topological polar surface area (TPSA) is 33.2 Å². The lowest BCUT2D eigenvalue weighted by molar-refractivity contribution is 0.0985. The molecule has 0 bridgehead atoms. The molecule has 0 fully saturated rings. The van der Waals surface area contributed by atoms with Crippen molar-refractivity contribution in [2.75, 3.05) is 4.90 Å². The molecule has 2 aromatic carbocycles. The molecule has 0 N–H and O–H groups in total. The van der Waals surface area contributed by atoms with Gasteiger partial charge < -0.3 is 4.90 Å². The van der Waals surface area contributed by atoms with Crippen LogP contribution in [0.25, 0.3) is 0 Å². The van der Waals surface area contributed by atoms with Crippen molar-refractivity contribution in [3.8, 4) is 0 Å². The van der Waals surface area contributed by atoms with Crippen LogP contribution in [0.1, 0.15) is 15.9 Å². The molecule has 3 rings (SSSR count). The molecule has 0 spiro atoms. The van der Waals surface area contributed by atoms with Crippen molar-refractivity contribution >= 4 is 23.2 Å². The smallest absolute Gasteiger partial charge is 0.260 e. The van der Waals surface area contributed by atoms with Gasteiger partial charge >= 0.3 is 0 Å². The second-order valence-corrected chi connectivity index (χ2v) is 5.48. The Kier molecular flexibility index (Phi) is 4.69. The molecule has 23 heavy (non-hydrogen) atoms. The number of benzene rings is 2. The van der Waals surface area contributed by atoms with Gasteiger partial charge in [0.1, 0.15) is 0 Å². The normalized spacial score (nSPS) is 10.3. The van der Waals surface area contributed by atoms with E-state index in [0.717, 1.165) is 11.3 Å². The van der Waals surface area contributed by atoms with Crippen LogP contribution < -0.4 is 4.90 Å². The number of carbonyl (C=O) groups excluding carboxylic acids is 1. The van der Waals surface area contributed by atoms with E-state index < -0.39 is 0 Å². The number of pyridine rings is 1. The predicted molar refractivity (Wildman–Crippen MR) is 92.6 cm³/mol. The van der Waals surface area contributed by atoms with Crippen LogP contribution in [0.2, 0.25) is 5.02 Å². The minimum absolute atomic E-state index is 0.134. The van der Waals surface area contributed by atoms with Crippen molar-refractivity contribution in [2.24, 2.45) is 0 Å². The molecule has 4 heteroatoms. The molecule has 0 saturated heterocycles. The van der Waals surface area contributed by atoms with Gasteiger partial charge in [-0.3, -0.25) is 9.78 Å². The van der Waals surface area contributed by atoms with Crippen molar-refractivity contribution < 1.29 is 4.79 Å². The number of halogens is 1. The molecule has 1 aromatic heterocycles. The van der Waals surface area contributed by atoms with Crippen molar-refractivity contribution in [1.82, 2.24) is 4.98 Å². The summed E-state index contributed by atoms with van der Waals surface area (Å²) in [4.78, 5) is 18.8. The van der Waals surface area contributed by atoms with E-state index in [1.165, 1.54) is 0 Å². The Bertz CT molecular complexity index is 791. The first-order valence-corrected chi connectivity index (χ1v) is 7.64. The summed E-state index contributed by atoms with van der Waals surface area (Å²) in [5.41, 5.74) is 2.26. The highest BCUT2D eigenvalue weighted by Gasteiger charge is 2.20. The summed E-state index contributed by atoms with van der Waals surface area (Å²) in [7, 11) is 0. The molecule has 0 aliphatic carbocycles. The van der Waals surface area contributed by atoms with Gasteiger partial charge in [0.05, 0.1) is 17.1 Å². The molecule has 1 heterocycles. The molecule has 0 aliphatic rings. The van der Waals surface area contributed by atoms with E-state index in [2.05, 4.69) is 4.98 Å². The molecule has 0 unspecified atom stereocenters. The van der Waals surface area contributed by atoms with Crippen LogP contribution in [-0.2, 0) is 6.54 Å². The third-order valence-corrected chi connectivity index (χ3v) is 3.81. The predicted octanol–water partition coefficient (Wildman–Crippen LogP) is 4.58. The van der Waals surface area contributed by atoms with Gasteiger partial charge in [-0.1, -0.05) is 48.0 Å². The average Bonchev–Trinajstić information content (AvgIpc) is 2.61. The van der Waals surface area contributed by atoms with Gasteiger partial charge in [-0.2, -0.15) is 0 Å². The van der Waals surface area contributed by atoms with Crippen LogP contribution in [-0.4, -0.2) is 10.9 Å². The van der Waals surface area contributed by atoms with E-state index in [1.807, 2.05) is 54.6 Å². The summed E-state index contributed by atoms with van der Waals surface area (Å²) in [6.07, 6.45) is 3.47. The standard InChI is InChI=1S/C19H15ClN2O/c20-18-11-5-4-10-17(18)19(23)22(16-8-2-1-3-9-16)14-15-7-6-12-21-13-15/h1-13H,14H2. The molecule has 1 amide bonds. The minimum Gasteiger partial charge on any atom is -0.304 e. The van der Waals surface area contributed by atoms with Gasteiger partial charge in [-0.15, -0.1) is 0 Å². The molecule has 0 radical (unpaired) electrons. The number of aromatic nitrogens is 1. The zero-order valence-electron chi connectivity index (χ0n) is 12.4. The summed E-state index contributed by atoms with van der Waals surface area (Å²) in [5, 5.41) is 0.449. The maximum absolute atomic E-state index is 13.0. The number of amides is 1. The monoisotopic (exact) mass is 322 g/mol. The highest BCUT2D eigenvalue weighted by atomic mass is 35.5. The molecule has 0 atom stereocenters. The number of anilines is 1. The lowest BCUT2D eigenvalue weighted by Crippen LogP contribution is -2.30. The average molecular weight is 323 g/mol. The molecule has 3 aromatic rings. The summed E-state index contributed by atoms with van der Waals surface area (Å²) in [6, 6.07) is 20.4. The largest absolute Gasteiger partial charge is 0.304 e. The maximum Gasteiger partial charge on any atom is 0.260 e. The van der Waals surface area contributed by atoms with Crippen LogP contribution in [0.15, 0.2) is 79.1 Å². The van der Waals surface area contributed by atoms with Crippen LogP contribution in [0.3, 0.4) is 0 Å². The summed E-state index contributed by atoms with van der Waals surface area (Å²) >= 11 is 6.19. The van der Waals surface area contributed by atoms with Crippen LogP contribution in [0, 0.1) is 0 Å². The summed E-state index contributed by atoms with van der Waals surface area (Å²) in [6.45, 7) is 0.432. The molecular weight excluding hydrogens is 308 g/mol. The number of para-hydroxylation sites is 1. The van der Waals surface area contributed by atoms with E-state index >= 15 is 0 Å². The number of hydrogen-bond donors (Lipinski definition) is 0. The minimum atomic E-state index is -0.134. The van der Waals surface area contributed by atoms with E-state index in [1.54, 1.807) is 29.4 Å². The molecule has 114 valence electrons. The van der Waals surface area contributed by atoms with E-state index in [4.69, 9.17) is 11.6 Å². The third-order valence-electron chi connectivity index (χ3n) is 3.48. The Hall–Kier alpha value is -2.65. The number of carbonyl (C=O) groups is 1. The maximum atomic E-state index is 13.0. The van der Waals surface area contributed by atoms with E-state index in [0.29, 0.717) is 17.1 Å².